The van der Waals surface area contributed by atoms with E-state index in [1.165, 1.54) is 6.07 Å². The summed E-state index contributed by atoms with van der Waals surface area (Å²) < 4.78 is 29.9. The van der Waals surface area contributed by atoms with E-state index in [1.54, 1.807) is 44.7 Å². The lowest BCUT2D eigenvalue weighted by Gasteiger charge is -2.11. The zero-order valence-electron chi connectivity index (χ0n) is 15.2. The van der Waals surface area contributed by atoms with Gasteiger partial charge in [0.15, 0.2) is 11.5 Å². The summed E-state index contributed by atoms with van der Waals surface area (Å²) in [5.41, 5.74) is 2.17. The second-order valence-corrected chi connectivity index (χ2v) is 5.75. The minimum atomic E-state index is -0.292. The van der Waals surface area contributed by atoms with Crippen LogP contribution in [0.5, 0.6) is 17.2 Å². The summed E-state index contributed by atoms with van der Waals surface area (Å²) in [7, 11) is 3.19. The Morgan fingerprint density at radius 2 is 1.67 bits per heavy atom. The number of ether oxygens (including phenoxy) is 3. The van der Waals surface area contributed by atoms with Gasteiger partial charge in [0, 0.05) is 11.8 Å². The van der Waals surface area contributed by atoms with Gasteiger partial charge in [-0.15, -0.1) is 0 Å². The highest BCUT2D eigenvalue weighted by molar-refractivity contribution is 5.83. The summed E-state index contributed by atoms with van der Waals surface area (Å²) in [6.07, 6.45) is 1.74. The van der Waals surface area contributed by atoms with Crippen molar-refractivity contribution in [3.8, 4) is 17.2 Å². The van der Waals surface area contributed by atoms with Crippen LogP contribution in [0.3, 0.4) is 0 Å². The summed E-state index contributed by atoms with van der Waals surface area (Å²) in [6.45, 7) is 0.127. The molecule has 0 atom stereocenters. The number of hydrogen-bond donors (Lipinski definition) is 0. The average Bonchev–Trinajstić information content (AvgIpc) is 2.72. The highest BCUT2D eigenvalue weighted by Gasteiger charge is 2.07. The lowest BCUT2D eigenvalue weighted by Crippen LogP contribution is -2.00. The molecule has 0 heterocycles. The van der Waals surface area contributed by atoms with E-state index in [0.717, 1.165) is 17.0 Å². The molecule has 0 aliphatic rings. The van der Waals surface area contributed by atoms with Crippen molar-refractivity contribution in [1.82, 2.24) is 0 Å². The smallest absolute Gasteiger partial charge is 0.161 e. The Morgan fingerprint density at radius 3 is 2.37 bits per heavy atom. The first-order valence-electron chi connectivity index (χ1n) is 8.42. The molecule has 0 amide bonds. The molecule has 27 heavy (non-hydrogen) atoms. The van der Waals surface area contributed by atoms with Gasteiger partial charge in [-0.1, -0.05) is 18.2 Å². The van der Waals surface area contributed by atoms with Crippen molar-refractivity contribution >= 4 is 11.9 Å². The van der Waals surface area contributed by atoms with Crippen molar-refractivity contribution in [2.24, 2.45) is 4.99 Å². The fourth-order valence-electron chi connectivity index (χ4n) is 2.47. The molecule has 0 saturated carbocycles. The van der Waals surface area contributed by atoms with Gasteiger partial charge >= 0.3 is 0 Å². The maximum Gasteiger partial charge on any atom is 0.161 e. The summed E-state index contributed by atoms with van der Waals surface area (Å²) in [6, 6.07) is 19.5. The SMILES string of the molecule is COc1ccc(N=Cc2ccc(OCc3ccccc3F)c(OC)c2)cc1. The first-order valence-corrected chi connectivity index (χ1v) is 8.42. The van der Waals surface area contributed by atoms with Gasteiger partial charge in [-0.05, 0) is 54.1 Å². The van der Waals surface area contributed by atoms with Crippen molar-refractivity contribution < 1.29 is 18.6 Å². The zero-order valence-corrected chi connectivity index (χ0v) is 15.2. The van der Waals surface area contributed by atoms with Crippen molar-refractivity contribution in [1.29, 1.82) is 0 Å². The van der Waals surface area contributed by atoms with Gasteiger partial charge in [0.05, 0.1) is 19.9 Å². The van der Waals surface area contributed by atoms with Gasteiger partial charge in [0.1, 0.15) is 18.2 Å². The molecule has 3 aromatic rings. The molecule has 3 rings (SSSR count). The van der Waals surface area contributed by atoms with Crippen molar-refractivity contribution in [2.75, 3.05) is 14.2 Å². The topological polar surface area (TPSA) is 40.0 Å². The predicted octanol–water partition coefficient (Wildman–Crippen LogP) is 5.17. The molecule has 3 aromatic carbocycles. The monoisotopic (exact) mass is 365 g/mol. The lowest BCUT2D eigenvalue weighted by molar-refractivity contribution is 0.279. The van der Waals surface area contributed by atoms with E-state index in [9.17, 15) is 4.39 Å². The number of methoxy groups -OCH3 is 2. The molecule has 5 heteroatoms. The molecule has 0 N–H and O–H groups in total. The second kappa shape index (κ2) is 8.85. The minimum Gasteiger partial charge on any atom is -0.497 e. The molecule has 138 valence electrons. The molecule has 0 aliphatic carbocycles. The van der Waals surface area contributed by atoms with Crippen LogP contribution in [0.15, 0.2) is 71.7 Å². The van der Waals surface area contributed by atoms with E-state index >= 15 is 0 Å². The molecule has 0 bridgehead atoms. The first kappa shape index (κ1) is 18.5. The Bertz CT molecular complexity index is 923. The fourth-order valence-corrected chi connectivity index (χ4v) is 2.47. The summed E-state index contributed by atoms with van der Waals surface area (Å²) in [5, 5.41) is 0. The Labute approximate surface area is 157 Å². The summed E-state index contributed by atoms with van der Waals surface area (Å²) in [4.78, 5) is 4.44. The first-order chi connectivity index (χ1) is 13.2. The third-order valence-electron chi connectivity index (χ3n) is 3.96. The maximum absolute atomic E-state index is 13.7. The van der Waals surface area contributed by atoms with Crippen molar-refractivity contribution in [3.05, 3.63) is 83.7 Å². The minimum absolute atomic E-state index is 0.127. The van der Waals surface area contributed by atoms with E-state index in [-0.39, 0.29) is 12.4 Å². The lowest BCUT2D eigenvalue weighted by atomic mass is 10.2. The van der Waals surface area contributed by atoms with Crippen molar-refractivity contribution in [2.45, 2.75) is 6.61 Å². The standard InChI is InChI=1S/C22H20FNO3/c1-25-19-10-8-18(9-11-19)24-14-16-7-12-21(22(13-16)26-2)27-15-17-5-3-4-6-20(17)23/h3-14H,15H2,1-2H3. The van der Waals surface area contributed by atoms with E-state index in [1.807, 2.05) is 36.4 Å². The Hall–Kier alpha value is -3.34. The Morgan fingerprint density at radius 1 is 0.889 bits per heavy atom. The molecule has 0 radical (unpaired) electrons. The van der Waals surface area contributed by atoms with E-state index in [2.05, 4.69) is 4.99 Å². The third-order valence-corrected chi connectivity index (χ3v) is 3.96. The number of halogens is 1. The van der Waals surface area contributed by atoms with Crippen LogP contribution in [0.2, 0.25) is 0 Å². The van der Waals surface area contributed by atoms with Crippen LogP contribution >= 0.6 is 0 Å². The largest absolute Gasteiger partial charge is 0.497 e. The van der Waals surface area contributed by atoms with Gasteiger partial charge in [-0.25, -0.2) is 4.39 Å². The van der Waals surface area contributed by atoms with Gasteiger partial charge in [0.25, 0.3) is 0 Å². The Balaban J connectivity index is 1.71. The molecule has 0 aliphatic heterocycles. The van der Waals surface area contributed by atoms with E-state index < -0.39 is 0 Å². The third kappa shape index (κ3) is 4.85. The van der Waals surface area contributed by atoms with Crippen LogP contribution in [0.4, 0.5) is 10.1 Å². The maximum atomic E-state index is 13.7. The van der Waals surface area contributed by atoms with E-state index in [0.29, 0.717) is 17.1 Å². The molecular weight excluding hydrogens is 345 g/mol. The highest BCUT2D eigenvalue weighted by atomic mass is 19.1. The average molecular weight is 365 g/mol. The predicted molar refractivity (Wildman–Crippen MR) is 104 cm³/mol. The van der Waals surface area contributed by atoms with Crippen LogP contribution < -0.4 is 14.2 Å². The van der Waals surface area contributed by atoms with E-state index in [4.69, 9.17) is 14.2 Å². The molecule has 0 fully saturated rings. The highest BCUT2D eigenvalue weighted by Crippen LogP contribution is 2.29. The molecule has 0 unspecified atom stereocenters. The van der Waals surface area contributed by atoms with Gasteiger partial charge in [0.2, 0.25) is 0 Å². The van der Waals surface area contributed by atoms with Gasteiger partial charge < -0.3 is 14.2 Å². The quantitative estimate of drug-likeness (QED) is 0.542. The normalized spacial score (nSPS) is 10.8. The van der Waals surface area contributed by atoms with Crippen LogP contribution in [0.25, 0.3) is 0 Å². The summed E-state index contributed by atoms with van der Waals surface area (Å²) >= 11 is 0. The number of aliphatic imine (C=N–C) groups is 1. The number of rotatable bonds is 7. The second-order valence-electron chi connectivity index (χ2n) is 5.75. The molecular formula is C22H20FNO3. The Kier molecular flexibility index (Phi) is 6.05. The van der Waals surface area contributed by atoms with Gasteiger partial charge in [-0.2, -0.15) is 0 Å². The van der Waals surface area contributed by atoms with Crippen molar-refractivity contribution in [3.63, 3.8) is 0 Å². The molecule has 0 aromatic heterocycles. The van der Waals surface area contributed by atoms with Gasteiger partial charge in [-0.3, -0.25) is 4.99 Å². The van der Waals surface area contributed by atoms with Crippen LogP contribution in [-0.4, -0.2) is 20.4 Å². The summed E-state index contributed by atoms with van der Waals surface area (Å²) in [5.74, 6) is 1.60. The molecule has 0 saturated heterocycles. The molecule has 0 spiro atoms. The van der Waals surface area contributed by atoms with Crippen LogP contribution in [0, 0.1) is 5.82 Å². The fraction of sp³-hybridized carbons (Fsp3) is 0.136. The van der Waals surface area contributed by atoms with Crippen LogP contribution in [0.1, 0.15) is 11.1 Å². The number of nitrogens with zero attached hydrogens (tertiary/aromatic N) is 1. The number of benzene rings is 3. The zero-order chi connectivity index (χ0) is 19.1. The number of hydrogen-bond acceptors (Lipinski definition) is 4. The van der Waals surface area contributed by atoms with Crippen LogP contribution in [-0.2, 0) is 6.61 Å². The molecule has 4 nitrogen and oxygen atoms in total.